The van der Waals surface area contributed by atoms with Crippen LogP contribution in [0.4, 0.5) is 0 Å². The molecular weight excluding hydrogens is 176 g/mol. The van der Waals surface area contributed by atoms with Crippen molar-refractivity contribution in [2.24, 2.45) is 0 Å². The van der Waals surface area contributed by atoms with Crippen LogP contribution >= 0.6 is 0 Å². The summed E-state index contributed by atoms with van der Waals surface area (Å²) in [7, 11) is 10.2. The molecule has 0 rings (SSSR count). The lowest BCUT2D eigenvalue weighted by atomic mass is 10.6. The zero-order chi connectivity index (χ0) is 10.7. The molecule has 0 aromatic carbocycles. The summed E-state index contributed by atoms with van der Waals surface area (Å²) in [6.07, 6.45) is 1.31. The fraction of sp³-hybridized carbons (Fsp3) is 1.00. The minimum absolute atomic E-state index is 0.966. The van der Waals surface area contributed by atoms with Crippen molar-refractivity contribution in [1.29, 1.82) is 0 Å². The Hall–Kier alpha value is 0.137. The van der Waals surface area contributed by atoms with Crippen LogP contribution in [-0.2, 0) is 0 Å². The van der Waals surface area contributed by atoms with E-state index in [4.69, 9.17) is 0 Å². The maximum absolute atomic E-state index is 2.49. The molecule has 0 bridgehead atoms. The number of quaternary nitrogens is 1. The molecule has 0 atom stereocenters. The van der Waals surface area contributed by atoms with Crippen molar-refractivity contribution >= 4 is 8.07 Å². The number of rotatable bonds is 5. The second-order valence-corrected chi connectivity index (χ2v) is 11.3. The fourth-order valence-electron chi connectivity index (χ4n) is 1.57. The van der Waals surface area contributed by atoms with Crippen LogP contribution in [0, 0.1) is 0 Å². The van der Waals surface area contributed by atoms with Crippen LogP contribution in [0.2, 0.25) is 19.1 Å². The highest BCUT2D eigenvalue weighted by Crippen LogP contribution is 2.11. The zero-order valence-electron chi connectivity index (χ0n) is 10.5. The van der Waals surface area contributed by atoms with Crippen molar-refractivity contribution in [2.75, 3.05) is 48.0 Å². The molecule has 0 radical (unpaired) electrons. The Morgan fingerprint density at radius 3 is 1.85 bits per heavy atom. The molecule has 0 fully saturated rings. The van der Waals surface area contributed by atoms with Gasteiger partial charge in [-0.05, 0) is 26.3 Å². The van der Waals surface area contributed by atoms with Crippen molar-refractivity contribution in [3.8, 4) is 0 Å². The Morgan fingerprint density at radius 1 is 1.08 bits per heavy atom. The van der Waals surface area contributed by atoms with E-state index in [9.17, 15) is 0 Å². The van der Waals surface area contributed by atoms with Gasteiger partial charge in [-0.25, -0.2) is 0 Å². The van der Waals surface area contributed by atoms with Crippen LogP contribution in [0.25, 0.3) is 0 Å². The van der Waals surface area contributed by atoms with E-state index in [1.165, 1.54) is 18.8 Å². The van der Waals surface area contributed by atoms with Crippen molar-refractivity contribution in [2.45, 2.75) is 19.1 Å². The predicted octanol–water partition coefficient (Wildman–Crippen LogP) is 1.50. The quantitative estimate of drug-likeness (QED) is 0.483. The first kappa shape index (κ1) is 13.1. The molecule has 13 heavy (non-hydrogen) atoms. The van der Waals surface area contributed by atoms with E-state index in [1.807, 2.05) is 0 Å². The summed E-state index contributed by atoms with van der Waals surface area (Å²) in [6.45, 7) is 6.29. The van der Waals surface area contributed by atoms with Crippen LogP contribution in [0.5, 0.6) is 0 Å². The van der Waals surface area contributed by atoms with Crippen LogP contribution in [0.3, 0.4) is 0 Å². The molecule has 0 aliphatic rings. The maximum Gasteiger partial charge on any atom is 0.0756 e. The van der Waals surface area contributed by atoms with E-state index >= 15 is 0 Å². The van der Waals surface area contributed by atoms with Gasteiger partial charge in [0.05, 0.1) is 35.8 Å². The van der Waals surface area contributed by atoms with Crippen LogP contribution in [-0.4, -0.2) is 65.4 Å². The lowest BCUT2D eigenvalue weighted by molar-refractivity contribution is -0.868. The highest BCUT2D eigenvalue weighted by molar-refractivity contribution is 6.77. The summed E-state index contributed by atoms with van der Waals surface area (Å²) in [4.78, 5) is 2.34. The minimum atomic E-state index is -0.966. The Balaban J connectivity index is 3.89. The number of hydrogen-bond donors (Lipinski definition) is 0. The molecule has 0 heterocycles. The predicted molar refractivity (Wildman–Crippen MR) is 63.7 cm³/mol. The first-order chi connectivity index (χ1) is 5.62. The number of nitrogens with zero attached hydrogens (tertiary/aromatic N) is 2. The average molecular weight is 203 g/mol. The smallest absolute Gasteiger partial charge is 0.0756 e. The summed E-state index contributed by atoms with van der Waals surface area (Å²) >= 11 is 0. The van der Waals surface area contributed by atoms with Crippen LogP contribution < -0.4 is 0 Å². The standard InChI is InChI=1S/C10H27N2Si/c1-11(2)10-13(6,7)9-8-12(3,4)5/h8-10H2,1-7H3/q+1. The number of hydrogen-bond acceptors (Lipinski definition) is 1. The third-order valence-corrected chi connectivity index (χ3v) is 5.27. The lowest BCUT2D eigenvalue weighted by Gasteiger charge is -2.31. The fourth-order valence-corrected chi connectivity index (χ4v) is 4.72. The van der Waals surface area contributed by atoms with E-state index in [0.29, 0.717) is 0 Å². The first-order valence-corrected chi connectivity index (χ1v) is 8.49. The van der Waals surface area contributed by atoms with E-state index < -0.39 is 8.07 Å². The molecule has 0 saturated heterocycles. The van der Waals surface area contributed by atoms with Crippen molar-refractivity contribution < 1.29 is 4.48 Å². The van der Waals surface area contributed by atoms with Gasteiger partial charge < -0.3 is 9.38 Å². The molecule has 0 spiro atoms. The maximum atomic E-state index is 2.49. The van der Waals surface area contributed by atoms with E-state index in [-0.39, 0.29) is 0 Å². The van der Waals surface area contributed by atoms with Crippen molar-refractivity contribution in [3.63, 3.8) is 0 Å². The molecular formula is C10H27N2Si+. The lowest BCUT2D eigenvalue weighted by Crippen LogP contribution is -2.45. The van der Waals surface area contributed by atoms with Gasteiger partial charge in [0.15, 0.2) is 0 Å². The molecule has 3 heteroatoms. The van der Waals surface area contributed by atoms with Crippen molar-refractivity contribution in [1.82, 2.24) is 4.90 Å². The molecule has 0 aliphatic carbocycles. The normalized spacial score (nSPS) is 13.8. The average Bonchev–Trinajstić information content (AvgIpc) is 1.79. The highest BCUT2D eigenvalue weighted by atomic mass is 28.3. The molecule has 0 N–H and O–H groups in total. The second-order valence-electron chi connectivity index (χ2n) is 6.17. The monoisotopic (exact) mass is 203 g/mol. The second kappa shape index (κ2) is 4.58. The Labute approximate surface area is 85.1 Å². The molecule has 2 nitrogen and oxygen atoms in total. The summed E-state index contributed by atoms with van der Waals surface area (Å²) in [5.41, 5.74) is 0. The SMILES string of the molecule is CN(C)C[Si](C)(C)CC[N+](C)(C)C. The minimum Gasteiger partial charge on any atom is -0.331 e. The van der Waals surface area contributed by atoms with Gasteiger partial charge >= 0.3 is 0 Å². The van der Waals surface area contributed by atoms with Crippen LogP contribution in [0.15, 0.2) is 0 Å². The molecule has 0 amide bonds. The Bertz CT molecular complexity index is 147. The first-order valence-electron chi connectivity index (χ1n) is 5.08. The largest absolute Gasteiger partial charge is 0.331 e. The molecule has 0 aromatic rings. The topological polar surface area (TPSA) is 3.24 Å². The van der Waals surface area contributed by atoms with Crippen molar-refractivity contribution in [3.05, 3.63) is 0 Å². The van der Waals surface area contributed by atoms with E-state index in [1.54, 1.807) is 0 Å². The van der Waals surface area contributed by atoms with Gasteiger partial charge in [-0.15, -0.1) is 0 Å². The summed E-state index contributed by atoms with van der Waals surface area (Å²) < 4.78 is 1.10. The highest BCUT2D eigenvalue weighted by Gasteiger charge is 2.24. The summed E-state index contributed by atoms with van der Waals surface area (Å²) in [5, 5.41) is 0. The summed E-state index contributed by atoms with van der Waals surface area (Å²) in [5.74, 6) is 0. The molecule has 0 saturated carbocycles. The molecule has 0 aliphatic heterocycles. The van der Waals surface area contributed by atoms with E-state index in [2.05, 4.69) is 53.2 Å². The van der Waals surface area contributed by atoms with E-state index in [0.717, 1.165) is 4.48 Å². The van der Waals surface area contributed by atoms with Gasteiger partial charge in [0, 0.05) is 0 Å². The van der Waals surface area contributed by atoms with Gasteiger partial charge in [-0.1, -0.05) is 13.1 Å². The molecule has 0 unspecified atom stereocenters. The third-order valence-electron chi connectivity index (χ3n) is 2.20. The summed E-state index contributed by atoms with van der Waals surface area (Å²) in [6, 6.07) is 1.43. The van der Waals surface area contributed by atoms with Crippen LogP contribution in [0.1, 0.15) is 0 Å². The van der Waals surface area contributed by atoms with Gasteiger partial charge in [0.1, 0.15) is 0 Å². The zero-order valence-corrected chi connectivity index (χ0v) is 11.5. The van der Waals surface area contributed by atoms with Gasteiger partial charge in [0.25, 0.3) is 0 Å². The Kier molecular flexibility index (Phi) is 4.62. The molecule has 80 valence electrons. The third kappa shape index (κ3) is 8.47. The van der Waals surface area contributed by atoms with Gasteiger partial charge in [0.2, 0.25) is 0 Å². The molecule has 0 aromatic heterocycles. The van der Waals surface area contributed by atoms with Gasteiger partial charge in [-0.3, -0.25) is 0 Å². The van der Waals surface area contributed by atoms with Gasteiger partial charge in [-0.2, -0.15) is 0 Å². The Morgan fingerprint density at radius 2 is 1.54 bits per heavy atom.